The minimum absolute atomic E-state index is 0.272. The summed E-state index contributed by atoms with van der Waals surface area (Å²) >= 11 is 0. The standard InChI is InChI=1S/C22H26N4O3/c27-21(25-19-6-10-23-18-7-15-29-20(18)19)24-11-14-26-12-8-22(28,9-13-26)16-17-4-2-1-3-5-17/h1-7,10,15,28H,8-9,11-14,16H2,(H2,23,24,25,27). The Morgan fingerprint density at radius 2 is 1.97 bits per heavy atom. The molecule has 1 saturated heterocycles. The van der Waals surface area contributed by atoms with Gasteiger partial charge >= 0.3 is 6.03 Å². The molecule has 7 heteroatoms. The van der Waals surface area contributed by atoms with Crippen molar-refractivity contribution in [2.45, 2.75) is 24.9 Å². The number of anilines is 1. The van der Waals surface area contributed by atoms with Gasteiger partial charge in [-0.2, -0.15) is 0 Å². The van der Waals surface area contributed by atoms with Crippen molar-refractivity contribution >= 4 is 22.8 Å². The normalized spacial score (nSPS) is 16.6. The van der Waals surface area contributed by atoms with E-state index in [1.54, 1.807) is 24.6 Å². The minimum Gasteiger partial charge on any atom is -0.460 e. The number of nitrogens with one attached hydrogen (secondary N) is 2. The Labute approximate surface area is 169 Å². The van der Waals surface area contributed by atoms with Crippen molar-refractivity contribution in [1.82, 2.24) is 15.2 Å². The van der Waals surface area contributed by atoms with Gasteiger partial charge in [-0.15, -0.1) is 0 Å². The number of carbonyl (C=O) groups is 1. The van der Waals surface area contributed by atoms with Crippen molar-refractivity contribution in [2.75, 3.05) is 31.5 Å². The van der Waals surface area contributed by atoms with Crippen molar-refractivity contribution in [3.8, 4) is 0 Å². The van der Waals surface area contributed by atoms with Gasteiger partial charge in [0.05, 0.1) is 17.6 Å². The van der Waals surface area contributed by atoms with E-state index in [4.69, 9.17) is 4.42 Å². The van der Waals surface area contributed by atoms with Crippen molar-refractivity contribution in [3.05, 3.63) is 60.5 Å². The summed E-state index contributed by atoms with van der Waals surface area (Å²) in [7, 11) is 0. The number of aliphatic hydroxyl groups is 1. The summed E-state index contributed by atoms with van der Waals surface area (Å²) in [6, 6.07) is 13.3. The number of pyridine rings is 1. The molecule has 4 rings (SSSR count). The number of piperidine rings is 1. The number of likely N-dealkylation sites (tertiary alicyclic amines) is 1. The van der Waals surface area contributed by atoms with Gasteiger partial charge in [0, 0.05) is 44.9 Å². The van der Waals surface area contributed by atoms with Gasteiger partial charge in [-0.25, -0.2) is 4.79 Å². The molecule has 0 saturated carbocycles. The van der Waals surface area contributed by atoms with Crippen LogP contribution in [0.1, 0.15) is 18.4 Å². The van der Waals surface area contributed by atoms with E-state index < -0.39 is 5.60 Å². The molecule has 1 fully saturated rings. The van der Waals surface area contributed by atoms with Gasteiger partial charge in [-0.3, -0.25) is 4.98 Å². The van der Waals surface area contributed by atoms with Crippen LogP contribution in [0.2, 0.25) is 0 Å². The zero-order valence-electron chi connectivity index (χ0n) is 16.3. The molecule has 0 bridgehead atoms. The molecule has 7 nitrogen and oxygen atoms in total. The lowest BCUT2D eigenvalue weighted by Crippen LogP contribution is -2.47. The van der Waals surface area contributed by atoms with Gasteiger partial charge < -0.3 is 25.1 Å². The molecular weight excluding hydrogens is 368 g/mol. The number of aromatic nitrogens is 1. The second kappa shape index (κ2) is 8.63. The minimum atomic E-state index is -0.640. The maximum absolute atomic E-state index is 12.2. The Hall–Kier alpha value is -2.90. The maximum atomic E-state index is 12.2. The first kappa shape index (κ1) is 19.4. The Bertz CT molecular complexity index is 949. The number of urea groups is 1. The van der Waals surface area contributed by atoms with Gasteiger partial charge in [-0.05, 0) is 24.5 Å². The van der Waals surface area contributed by atoms with E-state index in [2.05, 4.69) is 32.7 Å². The van der Waals surface area contributed by atoms with Crippen molar-refractivity contribution < 1.29 is 14.3 Å². The number of hydrogen-bond donors (Lipinski definition) is 3. The van der Waals surface area contributed by atoms with E-state index in [1.165, 1.54) is 5.56 Å². The average molecular weight is 394 g/mol. The van der Waals surface area contributed by atoms with E-state index in [-0.39, 0.29) is 6.03 Å². The van der Waals surface area contributed by atoms with Gasteiger partial charge in [0.2, 0.25) is 0 Å². The van der Waals surface area contributed by atoms with E-state index >= 15 is 0 Å². The third kappa shape index (κ3) is 4.93. The number of nitrogens with zero attached hydrogens (tertiary/aromatic N) is 2. The molecule has 1 aromatic carbocycles. The second-order valence-corrected chi connectivity index (χ2v) is 7.60. The Balaban J connectivity index is 1.20. The summed E-state index contributed by atoms with van der Waals surface area (Å²) in [5.41, 5.74) is 2.40. The van der Waals surface area contributed by atoms with Crippen molar-refractivity contribution in [2.24, 2.45) is 0 Å². The number of rotatable bonds is 6. The van der Waals surface area contributed by atoms with Crippen LogP contribution in [0.5, 0.6) is 0 Å². The molecule has 3 heterocycles. The highest BCUT2D eigenvalue weighted by Gasteiger charge is 2.32. The lowest BCUT2D eigenvalue weighted by atomic mass is 9.85. The van der Waals surface area contributed by atoms with Gasteiger partial charge in [0.1, 0.15) is 5.52 Å². The highest BCUT2D eigenvalue weighted by molar-refractivity contribution is 5.97. The van der Waals surface area contributed by atoms with Crippen LogP contribution in [0.15, 0.2) is 59.3 Å². The zero-order chi connectivity index (χ0) is 20.1. The first-order valence-electron chi connectivity index (χ1n) is 9.97. The predicted molar refractivity (Wildman–Crippen MR) is 112 cm³/mol. The summed E-state index contributed by atoms with van der Waals surface area (Å²) < 4.78 is 5.37. The fourth-order valence-electron chi connectivity index (χ4n) is 3.81. The topological polar surface area (TPSA) is 90.6 Å². The number of hydrogen-bond acceptors (Lipinski definition) is 5. The summed E-state index contributed by atoms with van der Waals surface area (Å²) in [5.74, 6) is 0. The van der Waals surface area contributed by atoms with Crippen LogP contribution in [-0.2, 0) is 6.42 Å². The molecule has 1 aliphatic rings. The SMILES string of the molecule is O=C(NCCN1CCC(O)(Cc2ccccc2)CC1)Nc1ccnc2ccoc12. The zero-order valence-corrected chi connectivity index (χ0v) is 16.3. The van der Waals surface area contributed by atoms with Crippen LogP contribution in [-0.4, -0.2) is 52.8 Å². The Kier molecular flexibility index (Phi) is 5.78. The van der Waals surface area contributed by atoms with Crippen LogP contribution in [0, 0.1) is 0 Å². The smallest absolute Gasteiger partial charge is 0.319 e. The lowest BCUT2D eigenvalue weighted by molar-refractivity contribution is -0.0201. The molecule has 1 aliphatic heterocycles. The molecule has 152 valence electrons. The molecule has 0 atom stereocenters. The quantitative estimate of drug-likeness (QED) is 0.598. The molecule has 0 spiro atoms. The molecule has 2 amide bonds. The fourth-order valence-corrected chi connectivity index (χ4v) is 3.81. The van der Waals surface area contributed by atoms with Crippen LogP contribution >= 0.6 is 0 Å². The fraction of sp³-hybridized carbons (Fsp3) is 0.364. The van der Waals surface area contributed by atoms with Crippen molar-refractivity contribution in [1.29, 1.82) is 0 Å². The monoisotopic (exact) mass is 394 g/mol. The molecule has 3 N–H and O–H groups in total. The summed E-state index contributed by atoms with van der Waals surface area (Å²) in [6.45, 7) is 2.94. The molecular formula is C22H26N4O3. The molecule has 2 aromatic heterocycles. The number of fused-ring (bicyclic) bond motifs is 1. The van der Waals surface area contributed by atoms with Crippen molar-refractivity contribution in [3.63, 3.8) is 0 Å². The summed E-state index contributed by atoms with van der Waals surface area (Å²) in [5, 5.41) is 16.6. The second-order valence-electron chi connectivity index (χ2n) is 7.60. The summed E-state index contributed by atoms with van der Waals surface area (Å²) in [6.07, 6.45) is 5.35. The Morgan fingerprint density at radius 1 is 1.17 bits per heavy atom. The molecule has 0 radical (unpaired) electrons. The van der Waals surface area contributed by atoms with Crippen LogP contribution < -0.4 is 10.6 Å². The maximum Gasteiger partial charge on any atom is 0.319 e. The summed E-state index contributed by atoms with van der Waals surface area (Å²) in [4.78, 5) is 18.6. The molecule has 0 unspecified atom stereocenters. The van der Waals surface area contributed by atoms with Crippen LogP contribution in [0.25, 0.3) is 11.1 Å². The first-order chi connectivity index (χ1) is 14.1. The molecule has 0 aliphatic carbocycles. The number of amides is 2. The first-order valence-corrected chi connectivity index (χ1v) is 9.97. The van der Waals surface area contributed by atoms with E-state index in [0.29, 0.717) is 29.8 Å². The predicted octanol–water partition coefficient (Wildman–Crippen LogP) is 3.02. The largest absolute Gasteiger partial charge is 0.460 e. The van der Waals surface area contributed by atoms with Crippen LogP contribution in [0.4, 0.5) is 10.5 Å². The third-order valence-corrected chi connectivity index (χ3v) is 5.47. The highest BCUT2D eigenvalue weighted by atomic mass is 16.3. The van der Waals surface area contributed by atoms with Gasteiger partial charge in [0.25, 0.3) is 0 Å². The average Bonchev–Trinajstić information content (AvgIpc) is 3.20. The van der Waals surface area contributed by atoms with Gasteiger partial charge in [-0.1, -0.05) is 30.3 Å². The van der Waals surface area contributed by atoms with E-state index in [0.717, 1.165) is 32.5 Å². The number of benzene rings is 1. The third-order valence-electron chi connectivity index (χ3n) is 5.47. The highest BCUT2D eigenvalue weighted by Crippen LogP contribution is 2.26. The molecule has 29 heavy (non-hydrogen) atoms. The van der Waals surface area contributed by atoms with E-state index in [9.17, 15) is 9.90 Å². The van der Waals surface area contributed by atoms with Crippen LogP contribution in [0.3, 0.4) is 0 Å². The molecule has 3 aromatic rings. The number of furan rings is 1. The van der Waals surface area contributed by atoms with Gasteiger partial charge in [0.15, 0.2) is 5.58 Å². The number of carbonyl (C=O) groups excluding carboxylic acids is 1. The Morgan fingerprint density at radius 3 is 2.76 bits per heavy atom. The lowest BCUT2D eigenvalue weighted by Gasteiger charge is -2.38. The van der Waals surface area contributed by atoms with E-state index in [1.807, 2.05) is 18.2 Å².